The molecule has 1 aromatic heterocycles. The van der Waals surface area contributed by atoms with Crippen molar-refractivity contribution in [3.8, 4) is 0 Å². The average molecular weight is 235 g/mol. The number of rotatable bonds is 3. The highest BCUT2D eigenvalue weighted by Crippen LogP contribution is 2.10. The highest BCUT2D eigenvalue weighted by Gasteiger charge is 2.00. The summed E-state index contributed by atoms with van der Waals surface area (Å²) in [6.07, 6.45) is 4.19. The van der Waals surface area contributed by atoms with E-state index in [9.17, 15) is 0 Å². The van der Waals surface area contributed by atoms with Gasteiger partial charge in [0.05, 0.1) is 12.1 Å². The highest BCUT2D eigenvalue weighted by atomic mass is 15.4. The molecule has 18 heavy (non-hydrogen) atoms. The molecule has 0 aliphatic heterocycles. The van der Waals surface area contributed by atoms with Gasteiger partial charge < -0.3 is 0 Å². The maximum atomic E-state index is 4.14. The van der Waals surface area contributed by atoms with Crippen LogP contribution in [-0.4, -0.2) is 15.0 Å². The van der Waals surface area contributed by atoms with E-state index in [1.54, 1.807) is 0 Å². The van der Waals surface area contributed by atoms with Crippen molar-refractivity contribution in [2.45, 2.75) is 6.54 Å². The molecule has 0 unspecified atom stereocenters. The monoisotopic (exact) mass is 235 g/mol. The number of benzene rings is 2. The van der Waals surface area contributed by atoms with Crippen molar-refractivity contribution in [3.05, 3.63) is 66.2 Å². The molecule has 0 aliphatic carbocycles. The Labute approximate surface area is 105 Å². The molecule has 0 amide bonds. The molecule has 0 bridgehead atoms. The summed E-state index contributed by atoms with van der Waals surface area (Å²) in [6.45, 7) is 0.732. The number of hydrogen-bond acceptors (Lipinski definition) is 2. The molecule has 3 nitrogen and oxygen atoms in total. The van der Waals surface area contributed by atoms with Gasteiger partial charge >= 0.3 is 0 Å². The topological polar surface area (TPSA) is 30.7 Å². The summed E-state index contributed by atoms with van der Waals surface area (Å²) in [7, 11) is 0. The fourth-order valence-electron chi connectivity index (χ4n) is 1.90. The fourth-order valence-corrected chi connectivity index (χ4v) is 1.90. The highest BCUT2D eigenvalue weighted by molar-refractivity contribution is 5.73. The zero-order valence-electron chi connectivity index (χ0n) is 9.90. The third kappa shape index (κ3) is 2.15. The SMILES string of the molecule is C(=C\c1ccccc1)/Cn1nnc2ccccc21. The molecule has 0 saturated carbocycles. The Kier molecular flexibility index (Phi) is 2.88. The molecular weight excluding hydrogens is 222 g/mol. The van der Waals surface area contributed by atoms with Crippen LogP contribution in [0.15, 0.2) is 60.7 Å². The van der Waals surface area contributed by atoms with Crippen LogP contribution in [0.1, 0.15) is 5.56 Å². The number of hydrogen-bond donors (Lipinski definition) is 0. The standard InChI is InChI=1S/C15H13N3/c1-2-7-13(8-3-1)9-6-12-18-15-11-5-4-10-14(15)16-17-18/h1-11H,12H2/b9-6+. The van der Waals surface area contributed by atoms with Crippen molar-refractivity contribution in [2.24, 2.45) is 0 Å². The summed E-state index contributed by atoms with van der Waals surface area (Å²) in [5.41, 5.74) is 3.20. The molecule has 2 aromatic carbocycles. The number of fused-ring (bicyclic) bond motifs is 1. The summed E-state index contributed by atoms with van der Waals surface area (Å²) in [5.74, 6) is 0. The predicted molar refractivity (Wildman–Crippen MR) is 73.0 cm³/mol. The van der Waals surface area contributed by atoms with Gasteiger partial charge in [0, 0.05) is 0 Å². The minimum absolute atomic E-state index is 0.732. The van der Waals surface area contributed by atoms with Crippen LogP contribution in [-0.2, 0) is 6.54 Å². The normalized spacial score (nSPS) is 11.3. The van der Waals surface area contributed by atoms with Crippen molar-refractivity contribution in [1.29, 1.82) is 0 Å². The average Bonchev–Trinajstić information content (AvgIpc) is 2.84. The first kappa shape index (κ1) is 10.7. The summed E-state index contributed by atoms with van der Waals surface area (Å²) in [6, 6.07) is 18.2. The van der Waals surface area contributed by atoms with Gasteiger partial charge in [0.1, 0.15) is 5.52 Å². The number of para-hydroxylation sites is 1. The van der Waals surface area contributed by atoms with E-state index in [4.69, 9.17) is 0 Å². The minimum atomic E-state index is 0.732. The molecule has 0 N–H and O–H groups in total. The van der Waals surface area contributed by atoms with Crippen molar-refractivity contribution in [1.82, 2.24) is 15.0 Å². The first-order valence-corrected chi connectivity index (χ1v) is 5.93. The lowest BCUT2D eigenvalue weighted by molar-refractivity contribution is 0.683. The van der Waals surface area contributed by atoms with Crippen molar-refractivity contribution in [3.63, 3.8) is 0 Å². The van der Waals surface area contributed by atoms with Gasteiger partial charge in [0.2, 0.25) is 0 Å². The first-order valence-electron chi connectivity index (χ1n) is 5.93. The second kappa shape index (κ2) is 4.84. The van der Waals surface area contributed by atoms with E-state index in [0.29, 0.717) is 0 Å². The van der Waals surface area contributed by atoms with Crippen molar-refractivity contribution >= 4 is 17.1 Å². The largest absolute Gasteiger partial charge is 0.241 e. The number of aromatic nitrogens is 3. The van der Waals surface area contributed by atoms with E-state index < -0.39 is 0 Å². The van der Waals surface area contributed by atoms with Crippen LogP contribution in [0.2, 0.25) is 0 Å². The molecule has 0 saturated heterocycles. The van der Waals surface area contributed by atoms with Crippen LogP contribution in [0.25, 0.3) is 17.1 Å². The van der Waals surface area contributed by atoms with Crippen LogP contribution < -0.4 is 0 Å². The molecule has 0 fully saturated rings. The number of allylic oxidation sites excluding steroid dienone is 1. The second-order valence-electron chi connectivity index (χ2n) is 4.07. The maximum Gasteiger partial charge on any atom is 0.113 e. The fraction of sp³-hybridized carbons (Fsp3) is 0.0667. The third-order valence-electron chi connectivity index (χ3n) is 2.81. The van der Waals surface area contributed by atoms with Gasteiger partial charge in [-0.25, -0.2) is 4.68 Å². The molecule has 0 aliphatic rings. The van der Waals surface area contributed by atoms with E-state index in [1.165, 1.54) is 5.56 Å². The summed E-state index contributed by atoms with van der Waals surface area (Å²) in [4.78, 5) is 0. The maximum absolute atomic E-state index is 4.14. The van der Waals surface area contributed by atoms with Gasteiger partial charge in [0.15, 0.2) is 0 Å². The minimum Gasteiger partial charge on any atom is -0.241 e. The zero-order chi connectivity index (χ0) is 12.2. The second-order valence-corrected chi connectivity index (χ2v) is 4.07. The number of nitrogens with zero attached hydrogens (tertiary/aromatic N) is 3. The Hall–Kier alpha value is -2.42. The van der Waals surface area contributed by atoms with Crippen LogP contribution in [0.5, 0.6) is 0 Å². The molecule has 0 atom stereocenters. The van der Waals surface area contributed by atoms with E-state index in [-0.39, 0.29) is 0 Å². The van der Waals surface area contributed by atoms with Gasteiger partial charge in [-0.05, 0) is 17.7 Å². The first-order chi connectivity index (χ1) is 8.93. The molecule has 88 valence electrons. The lowest BCUT2D eigenvalue weighted by Crippen LogP contribution is -1.97. The summed E-state index contributed by atoms with van der Waals surface area (Å²) < 4.78 is 1.90. The molecule has 3 aromatic rings. The molecular formula is C15H13N3. The zero-order valence-corrected chi connectivity index (χ0v) is 9.90. The van der Waals surface area contributed by atoms with E-state index in [1.807, 2.05) is 47.1 Å². The van der Waals surface area contributed by atoms with Gasteiger partial charge in [-0.1, -0.05) is 59.8 Å². The smallest absolute Gasteiger partial charge is 0.113 e. The Morgan fingerprint density at radius 3 is 2.61 bits per heavy atom. The molecule has 1 heterocycles. The van der Waals surface area contributed by atoms with Gasteiger partial charge in [-0.3, -0.25) is 0 Å². The van der Waals surface area contributed by atoms with Crippen LogP contribution in [0.4, 0.5) is 0 Å². The Balaban J connectivity index is 1.79. The lowest BCUT2D eigenvalue weighted by Gasteiger charge is -1.96. The van der Waals surface area contributed by atoms with E-state index in [2.05, 4.69) is 34.6 Å². The predicted octanol–water partition coefficient (Wildman–Crippen LogP) is 3.14. The van der Waals surface area contributed by atoms with Crippen molar-refractivity contribution < 1.29 is 0 Å². The molecule has 0 spiro atoms. The van der Waals surface area contributed by atoms with Gasteiger partial charge in [-0.2, -0.15) is 0 Å². The third-order valence-corrected chi connectivity index (χ3v) is 2.81. The van der Waals surface area contributed by atoms with E-state index in [0.717, 1.165) is 17.6 Å². The lowest BCUT2D eigenvalue weighted by atomic mass is 10.2. The van der Waals surface area contributed by atoms with Crippen LogP contribution >= 0.6 is 0 Å². The molecule has 3 rings (SSSR count). The van der Waals surface area contributed by atoms with Gasteiger partial charge in [0.25, 0.3) is 0 Å². The Bertz CT molecular complexity index is 668. The summed E-state index contributed by atoms with van der Waals surface area (Å²) in [5, 5.41) is 8.27. The Morgan fingerprint density at radius 1 is 0.944 bits per heavy atom. The molecule has 3 heteroatoms. The van der Waals surface area contributed by atoms with Crippen LogP contribution in [0, 0.1) is 0 Å². The van der Waals surface area contributed by atoms with Gasteiger partial charge in [-0.15, -0.1) is 5.10 Å². The van der Waals surface area contributed by atoms with E-state index >= 15 is 0 Å². The Morgan fingerprint density at radius 2 is 1.72 bits per heavy atom. The van der Waals surface area contributed by atoms with Crippen molar-refractivity contribution in [2.75, 3.05) is 0 Å². The molecule has 0 radical (unpaired) electrons. The quantitative estimate of drug-likeness (QED) is 0.698. The summed E-state index contributed by atoms with van der Waals surface area (Å²) >= 11 is 0. The van der Waals surface area contributed by atoms with Crippen LogP contribution in [0.3, 0.4) is 0 Å².